The molecule has 1 atom stereocenters. The normalized spacial score (nSPS) is 11.7. The predicted molar refractivity (Wildman–Crippen MR) is 126 cm³/mol. The molecule has 0 aliphatic heterocycles. The van der Waals surface area contributed by atoms with E-state index in [2.05, 4.69) is 15.3 Å². The molecule has 4 nitrogen and oxygen atoms in total. The molecule has 5 heteroatoms. The fraction of sp³-hybridized carbons (Fsp3) is 0.115. The van der Waals surface area contributed by atoms with Crippen LogP contribution in [-0.4, -0.2) is 15.9 Å². The first kappa shape index (κ1) is 20.8. The van der Waals surface area contributed by atoms with E-state index in [0.29, 0.717) is 5.02 Å². The molecule has 0 radical (unpaired) electrons. The number of carbonyl (C=O) groups excluding carboxylic acids is 1. The molecule has 0 aliphatic rings. The molecular weight excluding hydrogens is 406 g/mol. The Morgan fingerprint density at radius 3 is 2.48 bits per heavy atom. The lowest BCUT2D eigenvalue weighted by molar-refractivity contribution is -0.117. The van der Waals surface area contributed by atoms with Gasteiger partial charge in [0.15, 0.2) is 0 Å². The second kappa shape index (κ2) is 9.11. The number of amides is 1. The van der Waals surface area contributed by atoms with Crippen LogP contribution in [0.2, 0.25) is 5.02 Å². The average Bonchev–Trinajstić information content (AvgIpc) is 2.79. The Balaban J connectivity index is 1.49. The Kier molecular flexibility index (Phi) is 6.10. The molecule has 0 fully saturated rings. The van der Waals surface area contributed by atoms with Crippen LogP contribution < -0.4 is 5.32 Å². The van der Waals surface area contributed by atoms with E-state index in [1.165, 1.54) is 0 Å². The van der Waals surface area contributed by atoms with Crippen molar-refractivity contribution in [3.8, 4) is 22.3 Å². The number of hydrogen-bond donors (Lipinski definition) is 1. The Bertz CT molecular complexity index is 1220. The highest BCUT2D eigenvalue weighted by atomic mass is 35.5. The zero-order chi connectivity index (χ0) is 21.8. The SMILES string of the molecule is Cc1cc(-c2ccc(NC(=O)C(C)c3cccc(-c4ccncc4Cl)c3)cc2)ccn1. The van der Waals surface area contributed by atoms with Crippen LogP contribution >= 0.6 is 11.6 Å². The van der Waals surface area contributed by atoms with Crippen molar-refractivity contribution in [2.45, 2.75) is 19.8 Å². The van der Waals surface area contributed by atoms with Gasteiger partial charge in [0.05, 0.1) is 10.9 Å². The fourth-order valence-electron chi connectivity index (χ4n) is 3.46. The molecule has 2 aromatic carbocycles. The van der Waals surface area contributed by atoms with Crippen molar-refractivity contribution in [1.82, 2.24) is 9.97 Å². The van der Waals surface area contributed by atoms with Crippen LogP contribution in [0.4, 0.5) is 5.69 Å². The van der Waals surface area contributed by atoms with Crippen LogP contribution in [0, 0.1) is 6.92 Å². The van der Waals surface area contributed by atoms with Gasteiger partial charge in [-0.05, 0) is 66.4 Å². The van der Waals surface area contributed by atoms with Gasteiger partial charge in [-0.3, -0.25) is 14.8 Å². The molecule has 1 amide bonds. The van der Waals surface area contributed by atoms with Gasteiger partial charge in [-0.2, -0.15) is 0 Å². The number of aryl methyl sites for hydroxylation is 1. The maximum absolute atomic E-state index is 12.9. The van der Waals surface area contributed by atoms with E-state index < -0.39 is 0 Å². The van der Waals surface area contributed by atoms with Crippen molar-refractivity contribution < 1.29 is 4.79 Å². The number of rotatable bonds is 5. The number of benzene rings is 2. The second-order valence-electron chi connectivity index (χ2n) is 7.46. The standard InChI is InChI=1S/C26H22ClN3O/c1-17-14-21(10-13-29-17)19-6-8-23(9-7-19)30-26(31)18(2)20-4-3-5-22(15-20)24-11-12-28-16-25(24)27/h3-16,18H,1-2H3,(H,30,31). The summed E-state index contributed by atoms with van der Waals surface area (Å²) in [7, 11) is 0. The summed E-state index contributed by atoms with van der Waals surface area (Å²) in [5, 5.41) is 3.60. The van der Waals surface area contributed by atoms with Gasteiger partial charge in [0.25, 0.3) is 0 Å². The summed E-state index contributed by atoms with van der Waals surface area (Å²) in [5.41, 5.74) is 6.70. The number of pyridine rings is 2. The maximum Gasteiger partial charge on any atom is 0.231 e. The summed E-state index contributed by atoms with van der Waals surface area (Å²) in [4.78, 5) is 21.1. The van der Waals surface area contributed by atoms with Gasteiger partial charge in [0.2, 0.25) is 5.91 Å². The smallest absolute Gasteiger partial charge is 0.231 e. The first-order valence-corrected chi connectivity index (χ1v) is 10.4. The third-order valence-corrected chi connectivity index (χ3v) is 5.55. The highest BCUT2D eigenvalue weighted by Gasteiger charge is 2.16. The first-order chi connectivity index (χ1) is 15.0. The molecule has 0 aliphatic carbocycles. The Morgan fingerprint density at radius 1 is 0.935 bits per heavy atom. The van der Waals surface area contributed by atoms with Gasteiger partial charge < -0.3 is 5.32 Å². The minimum atomic E-state index is -0.317. The lowest BCUT2D eigenvalue weighted by Crippen LogP contribution is -2.18. The molecule has 0 bridgehead atoms. The van der Waals surface area contributed by atoms with E-state index in [9.17, 15) is 4.79 Å². The summed E-state index contributed by atoms with van der Waals surface area (Å²) >= 11 is 6.28. The van der Waals surface area contributed by atoms with Crippen molar-refractivity contribution in [2.24, 2.45) is 0 Å². The lowest BCUT2D eigenvalue weighted by atomic mass is 9.96. The molecule has 154 valence electrons. The quantitative estimate of drug-likeness (QED) is 0.394. The first-order valence-electron chi connectivity index (χ1n) is 10.0. The molecular formula is C26H22ClN3O. The van der Waals surface area contributed by atoms with Crippen LogP contribution in [0.3, 0.4) is 0 Å². The molecule has 0 saturated heterocycles. The van der Waals surface area contributed by atoms with Crippen molar-refractivity contribution >= 4 is 23.2 Å². The molecule has 0 saturated carbocycles. The topological polar surface area (TPSA) is 54.9 Å². The molecule has 1 unspecified atom stereocenters. The summed E-state index contributed by atoms with van der Waals surface area (Å²) < 4.78 is 0. The van der Waals surface area contributed by atoms with Crippen LogP contribution in [-0.2, 0) is 4.79 Å². The van der Waals surface area contributed by atoms with Crippen molar-refractivity contribution in [2.75, 3.05) is 5.32 Å². The van der Waals surface area contributed by atoms with Crippen LogP contribution in [0.5, 0.6) is 0 Å². The molecule has 2 aromatic heterocycles. The van der Waals surface area contributed by atoms with Gasteiger partial charge in [-0.25, -0.2) is 0 Å². The molecule has 0 spiro atoms. The average molecular weight is 428 g/mol. The van der Waals surface area contributed by atoms with E-state index >= 15 is 0 Å². The number of aromatic nitrogens is 2. The highest BCUT2D eigenvalue weighted by molar-refractivity contribution is 6.33. The largest absolute Gasteiger partial charge is 0.326 e. The van der Waals surface area contributed by atoms with Gasteiger partial charge >= 0.3 is 0 Å². The summed E-state index contributed by atoms with van der Waals surface area (Å²) in [6, 6.07) is 21.6. The van der Waals surface area contributed by atoms with Gasteiger partial charge in [-0.15, -0.1) is 0 Å². The zero-order valence-corrected chi connectivity index (χ0v) is 18.1. The predicted octanol–water partition coefficient (Wildman–Crippen LogP) is 6.51. The minimum absolute atomic E-state index is 0.0644. The third kappa shape index (κ3) is 4.81. The van der Waals surface area contributed by atoms with Gasteiger partial charge in [0, 0.05) is 35.5 Å². The molecule has 2 heterocycles. The molecule has 4 rings (SSSR count). The summed E-state index contributed by atoms with van der Waals surface area (Å²) in [5.74, 6) is -0.381. The monoisotopic (exact) mass is 427 g/mol. The van der Waals surface area contributed by atoms with E-state index in [0.717, 1.165) is 39.2 Å². The number of hydrogen-bond acceptors (Lipinski definition) is 3. The molecule has 4 aromatic rings. The Hall–Kier alpha value is -3.50. The number of halogens is 1. The number of nitrogens with one attached hydrogen (secondary N) is 1. The highest BCUT2D eigenvalue weighted by Crippen LogP contribution is 2.30. The van der Waals surface area contributed by atoms with Crippen LogP contribution in [0.25, 0.3) is 22.3 Å². The third-order valence-electron chi connectivity index (χ3n) is 5.25. The zero-order valence-electron chi connectivity index (χ0n) is 17.3. The van der Waals surface area contributed by atoms with E-state index in [1.807, 2.05) is 80.6 Å². The van der Waals surface area contributed by atoms with E-state index in [-0.39, 0.29) is 11.8 Å². The van der Waals surface area contributed by atoms with Crippen LogP contribution in [0.1, 0.15) is 24.1 Å². The molecule has 31 heavy (non-hydrogen) atoms. The van der Waals surface area contributed by atoms with Gasteiger partial charge in [-0.1, -0.05) is 48.0 Å². The Labute approximate surface area is 187 Å². The number of nitrogens with zero attached hydrogens (tertiary/aromatic N) is 2. The summed E-state index contributed by atoms with van der Waals surface area (Å²) in [6.07, 6.45) is 5.13. The second-order valence-corrected chi connectivity index (χ2v) is 7.86. The number of carbonyl (C=O) groups is 1. The van der Waals surface area contributed by atoms with Crippen LogP contribution in [0.15, 0.2) is 85.3 Å². The fourth-order valence-corrected chi connectivity index (χ4v) is 3.69. The molecule has 1 N–H and O–H groups in total. The van der Waals surface area contributed by atoms with Gasteiger partial charge in [0.1, 0.15) is 0 Å². The maximum atomic E-state index is 12.9. The van der Waals surface area contributed by atoms with Crippen molar-refractivity contribution in [3.63, 3.8) is 0 Å². The lowest BCUT2D eigenvalue weighted by Gasteiger charge is -2.14. The number of anilines is 1. The van der Waals surface area contributed by atoms with Crippen molar-refractivity contribution in [1.29, 1.82) is 0 Å². The van der Waals surface area contributed by atoms with E-state index in [4.69, 9.17) is 11.6 Å². The Morgan fingerprint density at radius 2 is 1.74 bits per heavy atom. The van der Waals surface area contributed by atoms with Crippen molar-refractivity contribution in [3.05, 3.63) is 102 Å². The minimum Gasteiger partial charge on any atom is -0.326 e. The summed E-state index contributed by atoms with van der Waals surface area (Å²) in [6.45, 7) is 3.87. The van der Waals surface area contributed by atoms with E-state index in [1.54, 1.807) is 18.6 Å².